The van der Waals surface area contributed by atoms with E-state index in [0.29, 0.717) is 51.4 Å². The highest BCUT2D eigenvalue weighted by Crippen LogP contribution is 2.57. The summed E-state index contributed by atoms with van der Waals surface area (Å²) >= 11 is 0. The fourth-order valence-electron chi connectivity index (χ4n) is 4.68. The first kappa shape index (κ1) is 21.0. The highest BCUT2D eigenvalue weighted by Gasteiger charge is 2.53. The molecule has 9 nitrogen and oxygen atoms in total. The Morgan fingerprint density at radius 1 is 0.676 bits per heavy atom. The lowest BCUT2D eigenvalue weighted by Crippen LogP contribution is -2.33. The Balaban J connectivity index is 1.38. The molecule has 37 heavy (non-hydrogen) atoms. The SMILES string of the molecule is O=C1OC2(c3ccc(Oc4ccncn4)cc3Oc3cc(Oc4ccncn4)ccc32)c2ccccc21. The summed E-state index contributed by atoms with van der Waals surface area (Å²) in [5.41, 5.74) is 1.40. The van der Waals surface area contributed by atoms with Crippen molar-refractivity contribution in [2.45, 2.75) is 5.60 Å². The van der Waals surface area contributed by atoms with Crippen molar-refractivity contribution in [2.75, 3.05) is 0 Å². The molecule has 0 saturated carbocycles. The number of esters is 1. The van der Waals surface area contributed by atoms with E-state index >= 15 is 0 Å². The number of nitrogens with zero attached hydrogens (tertiary/aromatic N) is 4. The van der Waals surface area contributed by atoms with Crippen LogP contribution in [-0.2, 0) is 10.3 Å². The van der Waals surface area contributed by atoms with Crippen molar-refractivity contribution in [3.8, 4) is 34.8 Å². The van der Waals surface area contributed by atoms with Gasteiger partial charge in [-0.2, -0.15) is 0 Å². The van der Waals surface area contributed by atoms with Crippen LogP contribution in [-0.4, -0.2) is 25.9 Å². The third-order valence-electron chi connectivity index (χ3n) is 6.21. The van der Waals surface area contributed by atoms with Gasteiger partial charge in [0.25, 0.3) is 0 Å². The lowest BCUT2D eigenvalue weighted by molar-refractivity contribution is 0.0224. The van der Waals surface area contributed by atoms with Gasteiger partial charge in [-0.25, -0.2) is 24.7 Å². The molecule has 5 aromatic rings. The fraction of sp³-hybridized carbons (Fsp3) is 0.0357. The van der Waals surface area contributed by atoms with E-state index < -0.39 is 11.6 Å². The summed E-state index contributed by atoms with van der Waals surface area (Å²) in [6.45, 7) is 0. The minimum absolute atomic E-state index is 0.388. The zero-order chi connectivity index (χ0) is 24.8. The molecule has 0 bridgehead atoms. The van der Waals surface area contributed by atoms with Crippen molar-refractivity contribution in [1.29, 1.82) is 0 Å². The van der Waals surface area contributed by atoms with Gasteiger partial charge in [-0.1, -0.05) is 18.2 Å². The Hall–Kier alpha value is -5.31. The number of rotatable bonds is 4. The number of ether oxygens (including phenoxy) is 4. The van der Waals surface area contributed by atoms with E-state index in [9.17, 15) is 4.79 Å². The summed E-state index contributed by atoms with van der Waals surface area (Å²) in [7, 11) is 0. The predicted molar refractivity (Wildman–Crippen MR) is 129 cm³/mol. The lowest BCUT2D eigenvalue weighted by atomic mass is 9.77. The standard InChI is InChI=1S/C28H16N4O5/c33-27-19-3-1-2-4-20(19)28(37-27)21-7-5-17(34-25-9-11-29-15-31-25)13-23(21)36-24-14-18(6-8-22(24)28)35-26-10-12-30-16-32-26/h1-16H. The smallest absolute Gasteiger partial charge is 0.340 e. The van der Waals surface area contributed by atoms with E-state index in [4.69, 9.17) is 18.9 Å². The summed E-state index contributed by atoms with van der Waals surface area (Å²) in [4.78, 5) is 29.1. The summed E-state index contributed by atoms with van der Waals surface area (Å²) in [5, 5.41) is 0. The monoisotopic (exact) mass is 488 g/mol. The first-order chi connectivity index (χ1) is 18.2. The Morgan fingerprint density at radius 2 is 1.27 bits per heavy atom. The van der Waals surface area contributed by atoms with Crippen molar-refractivity contribution >= 4 is 5.97 Å². The normalized spacial score (nSPS) is 14.1. The first-order valence-corrected chi connectivity index (χ1v) is 11.4. The summed E-state index contributed by atoms with van der Waals surface area (Å²) < 4.78 is 24.3. The molecule has 2 aliphatic rings. The molecule has 0 aliphatic carbocycles. The molecule has 9 heteroatoms. The molecule has 0 amide bonds. The Labute approximate surface area is 210 Å². The zero-order valence-electron chi connectivity index (χ0n) is 19.1. The predicted octanol–water partition coefficient (Wildman–Crippen LogP) is 5.42. The number of fused-ring (bicyclic) bond motifs is 6. The van der Waals surface area contributed by atoms with Crippen molar-refractivity contribution in [1.82, 2.24) is 19.9 Å². The van der Waals surface area contributed by atoms with Crippen LogP contribution in [0, 0.1) is 0 Å². The Bertz CT molecular complexity index is 1570. The molecule has 2 aliphatic heterocycles. The average molecular weight is 488 g/mol. The van der Waals surface area contributed by atoms with Crippen LogP contribution in [0.1, 0.15) is 27.0 Å². The van der Waals surface area contributed by atoms with Crippen LogP contribution in [0.15, 0.2) is 97.8 Å². The number of hydrogen-bond acceptors (Lipinski definition) is 9. The van der Waals surface area contributed by atoms with Crippen LogP contribution in [0.2, 0.25) is 0 Å². The quantitative estimate of drug-likeness (QED) is 0.307. The molecule has 0 N–H and O–H groups in total. The second-order valence-corrected chi connectivity index (χ2v) is 8.33. The summed E-state index contributed by atoms with van der Waals surface area (Å²) in [5.74, 6) is 2.32. The van der Waals surface area contributed by atoms with E-state index in [-0.39, 0.29) is 0 Å². The molecule has 0 fully saturated rings. The van der Waals surface area contributed by atoms with Crippen LogP contribution in [0.4, 0.5) is 0 Å². The number of carbonyl (C=O) groups excluding carboxylic acids is 1. The minimum atomic E-state index is -1.20. The van der Waals surface area contributed by atoms with E-state index in [1.54, 1.807) is 54.9 Å². The van der Waals surface area contributed by atoms with Crippen LogP contribution in [0.25, 0.3) is 0 Å². The van der Waals surface area contributed by atoms with Crippen LogP contribution >= 0.6 is 0 Å². The largest absolute Gasteiger partial charge is 0.456 e. The van der Waals surface area contributed by atoms with Gasteiger partial charge in [-0.05, 0) is 30.3 Å². The maximum Gasteiger partial charge on any atom is 0.340 e. The molecule has 0 saturated heterocycles. The molecule has 178 valence electrons. The second kappa shape index (κ2) is 8.13. The van der Waals surface area contributed by atoms with Gasteiger partial charge in [-0.3, -0.25) is 0 Å². The third kappa shape index (κ3) is 3.36. The van der Waals surface area contributed by atoms with Gasteiger partial charge in [0, 0.05) is 53.3 Å². The first-order valence-electron chi connectivity index (χ1n) is 11.4. The van der Waals surface area contributed by atoms with Gasteiger partial charge in [0.05, 0.1) is 5.56 Å². The van der Waals surface area contributed by atoms with Gasteiger partial charge in [0.1, 0.15) is 35.7 Å². The van der Waals surface area contributed by atoms with Crippen LogP contribution < -0.4 is 14.2 Å². The van der Waals surface area contributed by atoms with Crippen LogP contribution in [0.3, 0.4) is 0 Å². The average Bonchev–Trinajstić information content (AvgIpc) is 3.22. The van der Waals surface area contributed by atoms with Gasteiger partial charge >= 0.3 is 5.97 Å². The molecule has 1 spiro atoms. The summed E-state index contributed by atoms with van der Waals surface area (Å²) in [6, 6.07) is 21.4. The number of carbonyl (C=O) groups is 1. The highest BCUT2D eigenvalue weighted by atomic mass is 16.6. The maximum atomic E-state index is 13.0. The van der Waals surface area contributed by atoms with Crippen molar-refractivity contribution < 1.29 is 23.7 Å². The third-order valence-corrected chi connectivity index (χ3v) is 6.21. The molecule has 0 radical (unpaired) electrons. The Morgan fingerprint density at radius 3 is 1.84 bits per heavy atom. The van der Waals surface area contributed by atoms with E-state index in [1.807, 2.05) is 30.3 Å². The van der Waals surface area contributed by atoms with Gasteiger partial charge in [0.2, 0.25) is 11.8 Å². The Kier molecular flexibility index (Phi) is 4.62. The molecule has 0 atom stereocenters. The number of benzene rings is 3. The van der Waals surface area contributed by atoms with Crippen molar-refractivity contribution in [2.24, 2.45) is 0 Å². The van der Waals surface area contributed by atoms with Gasteiger partial charge < -0.3 is 18.9 Å². The number of hydrogen-bond donors (Lipinski definition) is 0. The van der Waals surface area contributed by atoms with Gasteiger partial charge in [-0.15, -0.1) is 0 Å². The molecular formula is C28H16N4O5. The van der Waals surface area contributed by atoms with E-state index in [2.05, 4.69) is 19.9 Å². The maximum absolute atomic E-state index is 13.0. The minimum Gasteiger partial charge on any atom is -0.456 e. The molecule has 3 aromatic carbocycles. The van der Waals surface area contributed by atoms with Crippen molar-refractivity contribution in [3.63, 3.8) is 0 Å². The van der Waals surface area contributed by atoms with E-state index in [0.717, 1.165) is 5.56 Å². The molecular weight excluding hydrogens is 472 g/mol. The summed E-state index contributed by atoms with van der Waals surface area (Å²) in [6.07, 6.45) is 6.00. The van der Waals surface area contributed by atoms with Crippen LogP contribution in [0.5, 0.6) is 34.8 Å². The van der Waals surface area contributed by atoms with Crippen molar-refractivity contribution in [3.05, 3.63) is 120 Å². The molecule has 2 aromatic heterocycles. The second-order valence-electron chi connectivity index (χ2n) is 8.33. The zero-order valence-corrected chi connectivity index (χ0v) is 19.1. The highest BCUT2D eigenvalue weighted by molar-refractivity contribution is 5.97. The molecule has 4 heterocycles. The topological polar surface area (TPSA) is 106 Å². The fourth-order valence-corrected chi connectivity index (χ4v) is 4.68. The number of aromatic nitrogens is 4. The van der Waals surface area contributed by atoms with E-state index in [1.165, 1.54) is 12.7 Å². The van der Waals surface area contributed by atoms with Gasteiger partial charge in [0.15, 0.2) is 5.60 Å². The molecule has 7 rings (SSSR count). The lowest BCUT2D eigenvalue weighted by Gasteiger charge is -2.36. The molecule has 0 unspecified atom stereocenters.